The van der Waals surface area contributed by atoms with Gasteiger partial charge < -0.3 is 24.7 Å². The third kappa shape index (κ3) is 10.5. The van der Waals surface area contributed by atoms with Gasteiger partial charge in [-0.25, -0.2) is 4.99 Å². The van der Waals surface area contributed by atoms with E-state index < -0.39 is 0 Å². The topological polar surface area (TPSA) is 76.9 Å². The van der Waals surface area contributed by atoms with Crippen molar-refractivity contribution in [2.24, 2.45) is 4.99 Å². The molecule has 0 atom stereocenters. The smallest absolute Gasteiger partial charge is 0.250 e. The van der Waals surface area contributed by atoms with Gasteiger partial charge in [0.1, 0.15) is 5.75 Å². The number of hydrogen-bond donors (Lipinski definition) is 2. The fraction of sp³-hybridized carbons (Fsp3) is 0.500. The number of guanidine groups is 1. The summed E-state index contributed by atoms with van der Waals surface area (Å²) < 4.78 is 12.8. The van der Waals surface area contributed by atoms with Crippen LogP contribution in [0.25, 0.3) is 0 Å². The summed E-state index contributed by atoms with van der Waals surface area (Å²) in [6.07, 6.45) is 4.56. The lowest BCUT2D eigenvalue weighted by Gasteiger charge is -2.14. The lowest BCUT2D eigenvalue weighted by atomic mass is 10.1. The molecule has 0 aliphatic rings. The number of methoxy groups -OCH3 is 1. The monoisotopic (exact) mass is 556 g/mol. The van der Waals surface area contributed by atoms with Crippen LogP contribution in [0.5, 0.6) is 5.75 Å². The van der Waals surface area contributed by atoms with Crippen LogP contribution in [0.1, 0.15) is 37.3 Å². The summed E-state index contributed by atoms with van der Waals surface area (Å²) in [5, 5.41) is 6.66. The van der Waals surface area contributed by atoms with Gasteiger partial charge in [-0.15, -0.1) is 24.0 Å². The molecule has 178 valence electrons. The number of aliphatic imine (C=N–C) groups is 1. The highest BCUT2D eigenvalue weighted by atomic mass is 127. The van der Waals surface area contributed by atoms with E-state index in [-0.39, 0.29) is 29.5 Å². The zero-order chi connectivity index (χ0) is 22.3. The van der Waals surface area contributed by atoms with Gasteiger partial charge in [0.05, 0.1) is 13.2 Å². The molecule has 0 aliphatic carbocycles. The maximum Gasteiger partial charge on any atom is 0.250 e. The molecular weight excluding hydrogens is 519 g/mol. The highest BCUT2D eigenvalue weighted by Gasteiger charge is 2.05. The van der Waals surface area contributed by atoms with Gasteiger partial charge >= 0.3 is 0 Å². The average Bonchev–Trinajstić information content (AvgIpc) is 2.77. The Morgan fingerprint density at radius 2 is 1.94 bits per heavy atom. The molecule has 2 rings (SSSR count). The number of aromatic nitrogens is 1. The van der Waals surface area contributed by atoms with Crippen molar-refractivity contribution < 1.29 is 9.47 Å². The van der Waals surface area contributed by atoms with Gasteiger partial charge in [-0.05, 0) is 44.4 Å². The first-order valence-corrected chi connectivity index (χ1v) is 11.0. The van der Waals surface area contributed by atoms with E-state index >= 15 is 0 Å². The van der Waals surface area contributed by atoms with Crippen molar-refractivity contribution in [1.82, 2.24) is 15.2 Å². The Balaban J connectivity index is 0.00000512. The lowest BCUT2D eigenvalue weighted by molar-refractivity contribution is 0.172. The zero-order valence-corrected chi connectivity index (χ0v) is 21.8. The molecule has 0 saturated carbocycles. The predicted molar refractivity (Wildman–Crippen MR) is 141 cm³/mol. The molecule has 0 bridgehead atoms. The zero-order valence-electron chi connectivity index (χ0n) is 19.4. The molecule has 0 radical (unpaired) electrons. The van der Waals surface area contributed by atoms with Crippen molar-refractivity contribution in [2.75, 3.05) is 33.4 Å². The molecule has 0 aliphatic heterocycles. The number of aryl methyl sites for hydroxylation is 2. The van der Waals surface area contributed by atoms with Crippen molar-refractivity contribution in [1.29, 1.82) is 0 Å². The minimum absolute atomic E-state index is 0. The molecule has 1 aromatic carbocycles. The molecular formula is C24H37IN4O3. The van der Waals surface area contributed by atoms with Gasteiger partial charge in [-0.1, -0.05) is 18.2 Å². The molecule has 0 unspecified atom stereocenters. The van der Waals surface area contributed by atoms with Gasteiger partial charge in [0, 0.05) is 57.6 Å². The molecule has 0 saturated heterocycles. The van der Waals surface area contributed by atoms with Gasteiger partial charge in [0.15, 0.2) is 5.96 Å². The third-order valence-corrected chi connectivity index (χ3v) is 4.74. The van der Waals surface area contributed by atoms with E-state index in [1.54, 1.807) is 23.8 Å². The number of pyridine rings is 1. The Bertz CT molecular complexity index is 870. The Morgan fingerprint density at radius 3 is 2.69 bits per heavy atom. The second-order valence-electron chi connectivity index (χ2n) is 7.37. The summed E-state index contributed by atoms with van der Waals surface area (Å²) >= 11 is 0. The van der Waals surface area contributed by atoms with Crippen LogP contribution in [0.2, 0.25) is 0 Å². The van der Waals surface area contributed by atoms with E-state index in [1.807, 2.05) is 12.3 Å². The summed E-state index contributed by atoms with van der Waals surface area (Å²) in [7, 11) is 1.70. The van der Waals surface area contributed by atoms with Gasteiger partial charge in [0.2, 0.25) is 5.56 Å². The SMILES string of the molecule is CCNC(=NCc1ccc(C)cc1OCCCOC)NCCCCn1ccccc1=O.I. The van der Waals surface area contributed by atoms with Crippen molar-refractivity contribution >= 4 is 29.9 Å². The normalized spacial score (nSPS) is 11.0. The predicted octanol–water partition coefficient (Wildman–Crippen LogP) is 3.73. The first kappa shape index (κ1) is 28.0. The number of halogens is 1. The van der Waals surface area contributed by atoms with E-state index in [0.717, 1.165) is 61.7 Å². The molecule has 0 amide bonds. The fourth-order valence-electron chi connectivity index (χ4n) is 3.08. The van der Waals surface area contributed by atoms with Crippen LogP contribution in [-0.2, 0) is 17.8 Å². The van der Waals surface area contributed by atoms with Gasteiger partial charge in [-0.3, -0.25) is 4.79 Å². The van der Waals surface area contributed by atoms with Crippen LogP contribution in [-0.4, -0.2) is 43.9 Å². The number of hydrogen-bond acceptors (Lipinski definition) is 4. The van der Waals surface area contributed by atoms with Crippen LogP contribution < -0.4 is 20.9 Å². The number of ether oxygens (including phenoxy) is 2. The number of unbranched alkanes of at least 4 members (excludes halogenated alkanes) is 1. The molecule has 2 N–H and O–H groups in total. The Kier molecular flexibility index (Phi) is 14.5. The van der Waals surface area contributed by atoms with E-state index in [0.29, 0.717) is 19.8 Å². The Labute approximate surface area is 208 Å². The first-order chi connectivity index (χ1) is 15.1. The fourth-order valence-corrected chi connectivity index (χ4v) is 3.08. The van der Waals surface area contributed by atoms with Crippen LogP contribution >= 0.6 is 24.0 Å². The van der Waals surface area contributed by atoms with Crippen molar-refractivity contribution in [3.63, 3.8) is 0 Å². The number of nitrogens with one attached hydrogen (secondary N) is 2. The second-order valence-corrected chi connectivity index (χ2v) is 7.37. The number of nitrogens with zero attached hydrogens (tertiary/aromatic N) is 2. The minimum atomic E-state index is 0. The summed E-state index contributed by atoms with van der Waals surface area (Å²) in [6, 6.07) is 11.5. The summed E-state index contributed by atoms with van der Waals surface area (Å²) in [4.78, 5) is 16.5. The number of benzene rings is 1. The molecule has 0 spiro atoms. The molecule has 32 heavy (non-hydrogen) atoms. The highest BCUT2D eigenvalue weighted by molar-refractivity contribution is 14.0. The summed E-state index contributed by atoms with van der Waals surface area (Å²) in [6.45, 7) is 8.26. The van der Waals surface area contributed by atoms with Crippen molar-refractivity contribution in [3.8, 4) is 5.75 Å². The van der Waals surface area contributed by atoms with E-state index in [1.165, 1.54) is 0 Å². The molecule has 7 nitrogen and oxygen atoms in total. The van der Waals surface area contributed by atoms with E-state index in [9.17, 15) is 4.79 Å². The Morgan fingerprint density at radius 1 is 1.09 bits per heavy atom. The standard InChI is InChI=1S/C24H36N4O3.HI/c1-4-25-24(26-13-6-8-15-28-14-7-5-10-23(28)29)27-19-21-12-11-20(2)18-22(21)31-17-9-16-30-3;/h5,7,10-12,14,18H,4,6,8-9,13,15-17,19H2,1-3H3,(H2,25,26,27);1H. The maximum atomic E-state index is 11.7. The molecule has 1 aromatic heterocycles. The highest BCUT2D eigenvalue weighted by Crippen LogP contribution is 2.21. The lowest BCUT2D eigenvalue weighted by Crippen LogP contribution is -2.37. The summed E-state index contributed by atoms with van der Waals surface area (Å²) in [5.74, 6) is 1.66. The first-order valence-electron chi connectivity index (χ1n) is 11.0. The van der Waals surface area contributed by atoms with Gasteiger partial charge in [0.25, 0.3) is 0 Å². The maximum absolute atomic E-state index is 11.7. The van der Waals surface area contributed by atoms with Crippen LogP contribution in [0.15, 0.2) is 52.4 Å². The largest absolute Gasteiger partial charge is 0.493 e. The molecule has 1 heterocycles. The van der Waals surface area contributed by atoms with Crippen molar-refractivity contribution in [2.45, 2.75) is 46.2 Å². The third-order valence-electron chi connectivity index (χ3n) is 4.74. The summed E-state index contributed by atoms with van der Waals surface area (Å²) in [5.41, 5.74) is 2.27. The van der Waals surface area contributed by atoms with Crippen molar-refractivity contribution in [3.05, 3.63) is 64.1 Å². The molecule has 8 heteroatoms. The van der Waals surface area contributed by atoms with E-state index in [4.69, 9.17) is 14.5 Å². The van der Waals surface area contributed by atoms with Crippen LogP contribution in [0.4, 0.5) is 0 Å². The van der Waals surface area contributed by atoms with E-state index in [2.05, 4.69) is 42.7 Å². The minimum Gasteiger partial charge on any atom is -0.493 e. The van der Waals surface area contributed by atoms with Crippen LogP contribution in [0.3, 0.4) is 0 Å². The number of rotatable bonds is 13. The van der Waals surface area contributed by atoms with Gasteiger partial charge in [-0.2, -0.15) is 0 Å². The quantitative estimate of drug-likeness (QED) is 0.170. The molecule has 0 fully saturated rings. The second kappa shape index (κ2) is 16.5. The Hall–Kier alpha value is -2.07. The average molecular weight is 556 g/mol. The molecule has 2 aromatic rings. The van der Waals surface area contributed by atoms with Crippen LogP contribution in [0, 0.1) is 6.92 Å².